The molecule has 1 N–H and O–H groups in total. The van der Waals surface area contributed by atoms with Crippen molar-refractivity contribution in [3.63, 3.8) is 0 Å². The van der Waals surface area contributed by atoms with Crippen molar-refractivity contribution in [2.24, 2.45) is 0 Å². The minimum atomic E-state index is -2.26. The molecule has 0 amide bonds. The number of rotatable bonds is 2. The molecular formula is C14H19F2NOS. The normalized spacial score (nSPS) is 30.8. The fraction of sp³-hybridized carbons (Fsp3) is 0.714. The lowest BCUT2D eigenvalue weighted by Gasteiger charge is -2.43. The molecule has 2 unspecified atom stereocenters. The van der Waals surface area contributed by atoms with Gasteiger partial charge in [-0.2, -0.15) is 0 Å². The summed E-state index contributed by atoms with van der Waals surface area (Å²) in [4.78, 5) is 2.06. The predicted molar refractivity (Wildman–Crippen MR) is 72.1 cm³/mol. The van der Waals surface area contributed by atoms with E-state index in [1.807, 2.05) is 6.07 Å². The summed E-state index contributed by atoms with van der Waals surface area (Å²) in [6.07, 6.45) is 0.359. The fourth-order valence-corrected chi connectivity index (χ4v) is 4.53. The second kappa shape index (κ2) is 5.11. The number of hydrogen-bond donors (Lipinski definition) is 1. The van der Waals surface area contributed by atoms with Crippen LogP contribution in [0.1, 0.15) is 35.1 Å². The van der Waals surface area contributed by atoms with Gasteiger partial charge in [-0.1, -0.05) is 0 Å². The van der Waals surface area contributed by atoms with Crippen LogP contribution < -0.4 is 5.32 Å². The Bertz CT molecular complexity index is 462. The smallest absolute Gasteiger partial charge is 0.243 e. The number of hydrogen-bond acceptors (Lipinski definition) is 3. The molecule has 5 heteroatoms. The van der Waals surface area contributed by atoms with Gasteiger partial charge in [-0.3, -0.25) is 0 Å². The van der Waals surface area contributed by atoms with Gasteiger partial charge < -0.3 is 10.1 Å². The van der Waals surface area contributed by atoms with Crippen LogP contribution in [0.5, 0.6) is 0 Å². The van der Waals surface area contributed by atoms with E-state index in [0.29, 0.717) is 12.6 Å². The number of piperidine rings is 1. The lowest BCUT2D eigenvalue weighted by atomic mass is 9.80. The summed E-state index contributed by atoms with van der Waals surface area (Å²) in [5.74, 6) is 0. The zero-order valence-corrected chi connectivity index (χ0v) is 11.9. The molecule has 0 radical (unpaired) electrons. The first-order chi connectivity index (χ1) is 9.09. The first kappa shape index (κ1) is 13.5. The van der Waals surface area contributed by atoms with E-state index in [-0.39, 0.29) is 12.0 Å². The molecule has 106 valence electrons. The summed E-state index contributed by atoms with van der Waals surface area (Å²) < 4.78 is 31.2. The van der Waals surface area contributed by atoms with Gasteiger partial charge in [0.15, 0.2) is 0 Å². The van der Waals surface area contributed by atoms with Crippen molar-refractivity contribution < 1.29 is 13.5 Å². The third-order valence-corrected chi connectivity index (χ3v) is 5.29. The average Bonchev–Trinajstić information content (AvgIpc) is 2.72. The van der Waals surface area contributed by atoms with E-state index in [0.717, 1.165) is 30.7 Å². The second-order valence-corrected chi connectivity index (χ2v) is 6.77. The van der Waals surface area contributed by atoms with Crippen LogP contribution in [0.15, 0.2) is 6.07 Å². The Hall–Kier alpha value is -0.520. The van der Waals surface area contributed by atoms with Crippen molar-refractivity contribution in [1.82, 2.24) is 5.32 Å². The van der Waals surface area contributed by atoms with Gasteiger partial charge in [0.2, 0.25) is 6.43 Å². The van der Waals surface area contributed by atoms with Crippen molar-refractivity contribution in [3.8, 4) is 0 Å². The van der Waals surface area contributed by atoms with E-state index >= 15 is 0 Å². The molecular weight excluding hydrogens is 268 g/mol. The molecule has 2 aliphatic rings. The highest BCUT2D eigenvalue weighted by atomic mass is 32.1. The van der Waals surface area contributed by atoms with Gasteiger partial charge in [-0.05, 0) is 37.9 Å². The Morgan fingerprint density at radius 3 is 3.16 bits per heavy atom. The van der Waals surface area contributed by atoms with Crippen LogP contribution in [0.2, 0.25) is 0 Å². The first-order valence-corrected chi connectivity index (χ1v) is 7.68. The van der Waals surface area contributed by atoms with Gasteiger partial charge in [0.25, 0.3) is 0 Å². The number of fused-ring (bicyclic) bond motifs is 2. The lowest BCUT2D eigenvalue weighted by Crippen LogP contribution is -2.48. The van der Waals surface area contributed by atoms with Gasteiger partial charge >= 0.3 is 0 Å². The molecule has 0 aliphatic carbocycles. The highest BCUT2D eigenvalue weighted by molar-refractivity contribution is 7.12. The van der Waals surface area contributed by atoms with Crippen LogP contribution >= 0.6 is 11.3 Å². The van der Waals surface area contributed by atoms with Crippen molar-refractivity contribution in [3.05, 3.63) is 21.4 Å². The summed E-state index contributed by atoms with van der Waals surface area (Å²) in [5, 5.41) is 3.43. The molecule has 3 rings (SSSR count). The number of halogens is 2. The largest absolute Gasteiger partial charge is 0.370 e. The zero-order chi connectivity index (χ0) is 13.5. The maximum atomic E-state index is 12.5. The maximum absolute atomic E-state index is 12.5. The minimum Gasteiger partial charge on any atom is -0.370 e. The molecule has 1 aromatic rings. The third kappa shape index (κ3) is 2.56. The van der Waals surface area contributed by atoms with Gasteiger partial charge in [0, 0.05) is 28.6 Å². The molecule has 19 heavy (non-hydrogen) atoms. The molecule has 1 fully saturated rings. The Morgan fingerprint density at radius 2 is 2.42 bits per heavy atom. The van der Waals surface area contributed by atoms with E-state index in [4.69, 9.17) is 4.74 Å². The van der Waals surface area contributed by atoms with E-state index in [9.17, 15) is 8.78 Å². The topological polar surface area (TPSA) is 21.3 Å². The Morgan fingerprint density at radius 1 is 1.58 bits per heavy atom. The maximum Gasteiger partial charge on any atom is 0.243 e. The third-order valence-electron chi connectivity index (χ3n) is 4.07. The van der Waals surface area contributed by atoms with Gasteiger partial charge in [0.1, 0.15) is 0 Å². The van der Waals surface area contributed by atoms with Crippen molar-refractivity contribution in [1.29, 1.82) is 0 Å². The van der Waals surface area contributed by atoms with Crippen LogP contribution in [0.25, 0.3) is 0 Å². The molecule has 3 heterocycles. The average molecular weight is 287 g/mol. The first-order valence-electron chi connectivity index (χ1n) is 6.87. The van der Waals surface area contributed by atoms with Gasteiger partial charge in [0.05, 0.1) is 12.2 Å². The summed E-state index contributed by atoms with van der Waals surface area (Å²) in [6.45, 7) is 3.81. The van der Waals surface area contributed by atoms with Crippen LogP contribution in [0.4, 0.5) is 8.78 Å². The van der Waals surface area contributed by atoms with Crippen LogP contribution in [0.3, 0.4) is 0 Å². The van der Waals surface area contributed by atoms with Gasteiger partial charge in [-0.15, -0.1) is 11.3 Å². The van der Waals surface area contributed by atoms with Crippen molar-refractivity contribution >= 4 is 11.3 Å². The van der Waals surface area contributed by atoms with E-state index < -0.39 is 6.43 Å². The van der Waals surface area contributed by atoms with E-state index in [1.54, 1.807) is 11.3 Å². The number of nitrogens with one attached hydrogen (secondary N) is 1. The molecule has 1 aromatic heterocycles. The summed E-state index contributed by atoms with van der Waals surface area (Å²) in [7, 11) is 0. The number of alkyl halides is 2. The van der Waals surface area contributed by atoms with Crippen LogP contribution in [-0.4, -0.2) is 25.6 Å². The standard InChI is InChI=1S/C14H19F2NOS/c1-9-8-14(3-4-17-9)11-6-10(7-13(15)16)19-12(11)2-5-18-14/h6,9,13,17H,2-5,7-8H2,1H3. The second-order valence-electron chi connectivity index (χ2n) is 5.55. The van der Waals surface area contributed by atoms with Crippen LogP contribution in [-0.2, 0) is 23.2 Å². The summed E-state index contributed by atoms with van der Waals surface area (Å²) in [5.41, 5.74) is 0.961. The van der Waals surface area contributed by atoms with Crippen molar-refractivity contribution in [2.75, 3.05) is 13.2 Å². The molecule has 1 saturated heterocycles. The van der Waals surface area contributed by atoms with E-state index in [1.165, 1.54) is 10.4 Å². The van der Waals surface area contributed by atoms with Gasteiger partial charge in [-0.25, -0.2) is 8.78 Å². The quantitative estimate of drug-likeness (QED) is 0.902. The predicted octanol–water partition coefficient (Wildman–Crippen LogP) is 3.10. The van der Waals surface area contributed by atoms with E-state index in [2.05, 4.69) is 12.2 Å². The fourth-order valence-electron chi connectivity index (χ4n) is 3.29. The Labute approximate surface area is 116 Å². The molecule has 1 spiro atoms. The highest BCUT2D eigenvalue weighted by Crippen LogP contribution is 2.44. The number of thiophene rings is 1. The van der Waals surface area contributed by atoms with Crippen LogP contribution in [0, 0.1) is 0 Å². The summed E-state index contributed by atoms with van der Waals surface area (Å²) >= 11 is 1.55. The minimum absolute atomic E-state index is 0.123. The molecule has 0 aromatic carbocycles. The SMILES string of the molecule is CC1CC2(CCN1)OCCc1sc(CC(F)F)cc12. The molecule has 2 nitrogen and oxygen atoms in total. The molecule has 0 saturated carbocycles. The van der Waals surface area contributed by atoms with Crippen molar-refractivity contribution in [2.45, 2.75) is 50.7 Å². The molecule has 2 atom stereocenters. The highest BCUT2D eigenvalue weighted by Gasteiger charge is 2.42. The number of ether oxygens (including phenoxy) is 1. The molecule has 0 bridgehead atoms. The Kier molecular flexibility index (Phi) is 3.62. The Balaban J connectivity index is 1.92. The summed E-state index contributed by atoms with van der Waals surface area (Å²) in [6, 6.07) is 2.39. The lowest BCUT2D eigenvalue weighted by molar-refractivity contribution is -0.0870. The monoisotopic (exact) mass is 287 g/mol. The molecule has 2 aliphatic heterocycles. The zero-order valence-electron chi connectivity index (χ0n) is 11.0.